The van der Waals surface area contributed by atoms with Gasteiger partial charge < -0.3 is 19.7 Å². The number of halogens is 4. The van der Waals surface area contributed by atoms with E-state index < -0.39 is 40.9 Å². The average Bonchev–Trinajstić information content (AvgIpc) is 3.85. The molecule has 15 heteroatoms. The third kappa shape index (κ3) is 6.40. The molecule has 1 saturated carbocycles. The number of benzene rings is 2. The van der Waals surface area contributed by atoms with Gasteiger partial charge in [-0.25, -0.2) is 14.2 Å². The first-order valence-corrected chi connectivity index (χ1v) is 14.9. The number of esters is 1. The zero-order valence-corrected chi connectivity index (χ0v) is 25.4. The molecule has 0 bridgehead atoms. The number of hydrogen-bond acceptors (Lipinski definition) is 9. The Morgan fingerprint density at radius 3 is 2.47 bits per heavy atom. The van der Waals surface area contributed by atoms with Gasteiger partial charge in [-0.15, -0.1) is 13.2 Å². The molecule has 0 unspecified atom stereocenters. The molecule has 2 aromatic heterocycles. The number of anilines is 1. The van der Waals surface area contributed by atoms with Gasteiger partial charge >= 0.3 is 12.3 Å². The molecule has 0 radical (unpaired) electrons. The van der Waals surface area contributed by atoms with Crippen molar-refractivity contribution < 1.29 is 36.6 Å². The lowest BCUT2D eigenvalue weighted by Crippen LogP contribution is -2.54. The van der Waals surface area contributed by atoms with E-state index >= 15 is 4.39 Å². The Balaban J connectivity index is 1.34. The van der Waals surface area contributed by atoms with Crippen LogP contribution in [0.5, 0.6) is 5.75 Å². The largest absolute Gasteiger partial charge is 0.573 e. The molecule has 1 aliphatic heterocycles. The lowest BCUT2D eigenvalue weighted by Gasteiger charge is -2.37. The topological polar surface area (TPSA) is 119 Å². The van der Waals surface area contributed by atoms with Crippen LogP contribution in [0, 0.1) is 5.82 Å². The lowest BCUT2D eigenvalue weighted by atomic mass is 10.0. The predicted molar refractivity (Wildman–Crippen MR) is 163 cm³/mol. The standard InChI is InChI=1S/C32H30F4N6O5/c1-3-46-29(44)20-14-19(16-37-17-20)22-5-6-23-27(26(22)33)38-18-42(28(23)43)21-4-7-25(47-32(34,35)36)24(15-21)39-30(45)31(8-9-31)41-12-10-40(2)11-13-41/h4-7,14-18H,3,8-13H2,1-2H3,(H,39,45). The minimum atomic E-state index is -5.04. The van der Waals surface area contributed by atoms with Crippen LogP contribution in [0.3, 0.4) is 0 Å². The second kappa shape index (κ2) is 12.4. The van der Waals surface area contributed by atoms with E-state index in [1.165, 1.54) is 42.7 Å². The van der Waals surface area contributed by atoms with Gasteiger partial charge in [0.1, 0.15) is 17.4 Å². The summed E-state index contributed by atoms with van der Waals surface area (Å²) in [5, 5.41) is 2.50. The van der Waals surface area contributed by atoms with E-state index in [2.05, 4.69) is 24.9 Å². The normalized spacial score (nSPS) is 16.6. The third-order valence-electron chi connectivity index (χ3n) is 8.40. The summed E-state index contributed by atoms with van der Waals surface area (Å²) in [5.41, 5.74) is -1.63. The summed E-state index contributed by atoms with van der Waals surface area (Å²) in [7, 11) is 1.98. The summed E-state index contributed by atoms with van der Waals surface area (Å²) >= 11 is 0. The Labute approximate surface area is 265 Å². The molecule has 4 aromatic rings. The van der Waals surface area contributed by atoms with E-state index in [4.69, 9.17) is 4.74 Å². The van der Waals surface area contributed by atoms with Gasteiger partial charge in [0.2, 0.25) is 5.91 Å². The van der Waals surface area contributed by atoms with E-state index in [1.54, 1.807) is 6.92 Å². The number of nitrogens with one attached hydrogen (secondary N) is 1. The maximum absolute atomic E-state index is 15.7. The highest BCUT2D eigenvalue weighted by Gasteiger charge is 2.55. The van der Waals surface area contributed by atoms with Gasteiger partial charge in [0, 0.05) is 49.7 Å². The zero-order valence-electron chi connectivity index (χ0n) is 25.4. The van der Waals surface area contributed by atoms with Crippen molar-refractivity contribution in [2.75, 3.05) is 45.2 Å². The number of nitrogens with zero attached hydrogens (tertiary/aromatic N) is 5. The van der Waals surface area contributed by atoms with Crippen molar-refractivity contribution in [2.24, 2.45) is 0 Å². The van der Waals surface area contributed by atoms with E-state index in [0.717, 1.165) is 30.1 Å². The summed E-state index contributed by atoms with van der Waals surface area (Å²) in [4.78, 5) is 51.5. The van der Waals surface area contributed by atoms with Crippen molar-refractivity contribution in [3.8, 4) is 22.6 Å². The molecule has 11 nitrogen and oxygen atoms in total. The first-order valence-electron chi connectivity index (χ1n) is 14.9. The highest BCUT2D eigenvalue weighted by atomic mass is 19.4. The molecule has 246 valence electrons. The molecule has 3 heterocycles. The number of alkyl halides is 3. The number of likely N-dealkylation sites (N-methyl/N-ethyl adjacent to an activating group) is 1. The maximum atomic E-state index is 15.7. The number of pyridine rings is 1. The SMILES string of the molecule is CCOC(=O)c1cncc(-c2ccc3c(=O)n(-c4ccc(OC(F)(F)F)c(NC(=O)C5(N6CCN(C)CC6)CC5)c4)cnc3c2F)c1. The number of ether oxygens (including phenoxy) is 2. The van der Waals surface area contributed by atoms with Crippen LogP contribution in [0.15, 0.2) is 59.9 Å². The third-order valence-corrected chi connectivity index (χ3v) is 8.40. The quantitative estimate of drug-likeness (QED) is 0.218. The lowest BCUT2D eigenvalue weighted by molar-refractivity contribution is -0.274. The molecule has 6 rings (SSSR count). The molecule has 1 aliphatic carbocycles. The Morgan fingerprint density at radius 1 is 1.04 bits per heavy atom. The van der Waals surface area contributed by atoms with E-state index in [0.29, 0.717) is 25.9 Å². The van der Waals surface area contributed by atoms with Crippen LogP contribution in [0.4, 0.5) is 23.2 Å². The molecule has 1 saturated heterocycles. The summed E-state index contributed by atoms with van der Waals surface area (Å²) in [6.07, 6.45) is -0.245. The fraction of sp³-hybridized carbons (Fsp3) is 0.344. The van der Waals surface area contributed by atoms with Crippen LogP contribution >= 0.6 is 0 Å². The van der Waals surface area contributed by atoms with Crippen molar-refractivity contribution in [2.45, 2.75) is 31.7 Å². The van der Waals surface area contributed by atoms with E-state index in [1.807, 2.05) is 11.9 Å². The molecule has 2 aliphatic rings. The van der Waals surface area contributed by atoms with Gasteiger partial charge in [-0.3, -0.25) is 24.0 Å². The van der Waals surface area contributed by atoms with Crippen LogP contribution in [0.2, 0.25) is 0 Å². The van der Waals surface area contributed by atoms with Gasteiger partial charge in [0.05, 0.1) is 28.9 Å². The van der Waals surface area contributed by atoms with Crippen molar-refractivity contribution in [1.29, 1.82) is 0 Å². The number of hydrogen-bond donors (Lipinski definition) is 1. The van der Waals surface area contributed by atoms with Crippen molar-refractivity contribution in [3.05, 3.63) is 76.9 Å². The van der Waals surface area contributed by atoms with Crippen LogP contribution in [-0.2, 0) is 9.53 Å². The Hall–Kier alpha value is -4.89. The molecule has 0 spiro atoms. The van der Waals surface area contributed by atoms with Crippen LogP contribution < -0.4 is 15.6 Å². The molecule has 47 heavy (non-hydrogen) atoms. The molecule has 0 atom stereocenters. The summed E-state index contributed by atoms with van der Waals surface area (Å²) in [5.74, 6) is -2.58. The molecular weight excluding hydrogens is 624 g/mol. The van der Waals surface area contributed by atoms with E-state index in [9.17, 15) is 27.6 Å². The van der Waals surface area contributed by atoms with Crippen molar-refractivity contribution in [3.63, 3.8) is 0 Å². The Bertz CT molecular complexity index is 1920. The first-order chi connectivity index (χ1) is 22.4. The number of amides is 1. The maximum Gasteiger partial charge on any atom is 0.573 e. The molecule has 2 aromatic carbocycles. The zero-order chi connectivity index (χ0) is 33.5. The molecule has 1 N–H and O–H groups in total. The Morgan fingerprint density at radius 2 is 1.79 bits per heavy atom. The number of carbonyl (C=O) groups is 2. The van der Waals surface area contributed by atoms with Crippen molar-refractivity contribution in [1.82, 2.24) is 24.3 Å². The second-order valence-electron chi connectivity index (χ2n) is 11.4. The van der Waals surface area contributed by atoms with Gasteiger partial charge in [0.15, 0.2) is 11.6 Å². The van der Waals surface area contributed by atoms with Crippen LogP contribution in [-0.4, -0.2) is 87.9 Å². The van der Waals surface area contributed by atoms with E-state index in [-0.39, 0.29) is 45.6 Å². The van der Waals surface area contributed by atoms with Gasteiger partial charge in [-0.1, -0.05) is 6.07 Å². The van der Waals surface area contributed by atoms with Gasteiger partial charge in [-0.05, 0) is 57.1 Å². The number of piperazine rings is 1. The monoisotopic (exact) mass is 654 g/mol. The van der Waals surface area contributed by atoms with Gasteiger partial charge in [0.25, 0.3) is 5.56 Å². The molecular formula is C32H30F4N6O5. The molecule has 1 amide bonds. The summed E-state index contributed by atoms with van der Waals surface area (Å²) in [6.45, 7) is 4.58. The van der Waals surface area contributed by atoms with Crippen molar-refractivity contribution >= 4 is 28.5 Å². The predicted octanol–water partition coefficient (Wildman–Crippen LogP) is 4.38. The highest BCUT2D eigenvalue weighted by molar-refractivity contribution is 6.01. The van der Waals surface area contributed by atoms with Crippen LogP contribution in [0.25, 0.3) is 27.7 Å². The Kier molecular flexibility index (Phi) is 8.44. The number of fused-ring (bicyclic) bond motifs is 1. The average molecular weight is 655 g/mol. The fourth-order valence-corrected chi connectivity index (χ4v) is 5.74. The number of rotatable bonds is 8. The number of aromatic nitrogens is 3. The first kappa shape index (κ1) is 32.1. The minimum absolute atomic E-state index is 0.0359. The summed E-state index contributed by atoms with van der Waals surface area (Å²) < 4.78 is 65.9. The second-order valence-corrected chi connectivity index (χ2v) is 11.4. The van der Waals surface area contributed by atoms with Crippen LogP contribution in [0.1, 0.15) is 30.1 Å². The summed E-state index contributed by atoms with van der Waals surface area (Å²) in [6, 6.07) is 7.50. The highest BCUT2D eigenvalue weighted by Crippen LogP contribution is 2.44. The molecule has 2 fully saturated rings. The van der Waals surface area contributed by atoms with Gasteiger partial charge in [-0.2, -0.15) is 0 Å². The number of carbonyl (C=O) groups excluding carboxylic acids is 2. The minimum Gasteiger partial charge on any atom is -0.462 e. The smallest absolute Gasteiger partial charge is 0.462 e. The fourth-order valence-electron chi connectivity index (χ4n) is 5.74.